The fraction of sp³-hybridized carbons (Fsp3) is 0.0769. The molecule has 2 aromatic heterocycles. The highest BCUT2D eigenvalue weighted by Gasteiger charge is 2.05. The number of anilines is 1. The van der Waals surface area contributed by atoms with Crippen LogP contribution < -0.4 is 11.1 Å². The van der Waals surface area contributed by atoms with Gasteiger partial charge in [-0.3, -0.25) is 0 Å². The number of hydrogen-bond donors (Lipinski definition) is 2. The lowest BCUT2D eigenvalue weighted by Gasteiger charge is -2.04. The molecular weight excluding hydrogens is 256 g/mol. The summed E-state index contributed by atoms with van der Waals surface area (Å²) in [6.07, 6.45) is 0. The molecule has 20 heavy (non-hydrogen) atoms. The van der Waals surface area contributed by atoms with Crippen LogP contribution in [-0.4, -0.2) is 25.8 Å². The molecule has 0 unspecified atom stereocenters. The summed E-state index contributed by atoms with van der Waals surface area (Å²) >= 11 is 0. The summed E-state index contributed by atoms with van der Waals surface area (Å²) in [5, 5.41) is 14.9. The van der Waals surface area contributed by atoms with E-state index < -0.39 is 6.03 Å². The lowest BCUT2D eigenvalue weighted by atomic mass is 10.1. The zero-order chi connectivity index (χ0) is 14.1. The number of carbonyl (C=O) groups excluding carboxylic acids is 1. The Morgan fingerprint density at radius 2 is 1.90 bits per heavy atom. The molecule has 0 saturated heterocycles. The lowest BCUT2D eigenvalue weighted by Crippen LogP contribution is -2.19. The van der Waals surface area contributed by atoms with Gasteiger partial charge in [0.2, 0.25) is 0 Å². The molecule has 0 radical (unpaired) electrons. The van der Waals surface area contributed by atoms with Crippen LogP contribution in [0.25, 0.3) is 16.9 Å². The van der Waals surface area contributed by atoms with E-state index >= 15 is 0 Å². The van der Waals surface area contributed by atoms with Crippen molar-refractivity contribution in [3.05, 3.63) is 42.2 Å². The van der Waals surface area contributed by atoms with E-state index in [9.17, 15) is 4.79 Å². The molecule has 0 aliphatic rings. The van der Waals surface area contributed by atoms with E-state index in [2.05, 4.69) is 20.6 Å². The first-order chi connectivity index (χ1) is 9.63. The number of aromatic nitrogens is 4. The zero-order valence-corrected chi connectivity index (χ0v) is 10.7. The van der Waals surface area contributed by atoms with Crippen LogP contribution in [0.2, 0.25) is 0 Å². The third-order valence-corrected chi connectivity index (χ3v) is 2.87. The Kier molecular flexibility index (Phi) is 2.79. The van der Waals surface area contributed by atoms with Gasteiger partial charge in [0.05, 0.1) is 5.69 Å². The number of carbonyl (C=O) groups is 1. The number of hydrogen-bond acceptors (Lipinski definition) is 4. The number of amides is 2. The van der Waals surface area contributed by atoms with Crippen molar-refractivity contribution in [1.82, 2.24) is 19.8 Å². The van der Waals surface area contributed by atoms with Crippen molar-refractivity contribution in [3.8, 4) is 11.3 Å². The molecule has 100 valence electrons. The summed E-state index contributed by atoms with van der Waals surface area (Å²) in [5.74, 6) is 0.730. The second kappa shape index (κ2) is 4.61. The van der Waals surface area contributed by atoms with E-state index in [1.54, 1.807) is 16.6 Å². The standard InChI is InChI=1S/C13H12N6O/c1-8-16-17-12-7-6-11(18-19(8)12)9-2-4-10(5-3-9)15-13(14)20/h2-7H,1H3,(H3,14,15,20). The molecular formula is C13H12N6O. The predicted molar refractivity (Wildman–Crippen MR) is 74.2 cm³/mol. The number of benzene rings is 1. The minimum atomic E-state index is -0.586. The Hall–Kier alpha value is -2.96. The molecule has 0 fully saturated rings. The van der Waals surface area contributed by atoms with Gasteiger partial charge in [0, 0.05) is 11.3 Å². The maximum absolute atomic E-state index is 10.8. The number of nitrogens with zero attached hydrogens (tertiary/aromatic N) is 4. The number of urea groups is 1. The number of nitrogens with two attached hydrogens (primary N) is 1. The molecule has 3 aromatic rings. The highest BCUT2D eigenvalue weighted by molar-refractivity contribution is 5.88. The number of nitrogens with one attached hydrogen (secondary N) is 1. The highest BCUT2D eigenvalue weighted by atomic mass is 16.2. The predicted octanol–water partition coefficient (Wildman–Crippen LogP) is 1.59. The molecule has 0 saturated carbocycles. The third kappa shape index (κ3) is 2.16. The fourth-order valence-corrected chi connectivity index (χ4v) is 1.92. The molecule has 0 aliphatic carbocycles. The van der Waals surface area contributed by atoms with Crippen LogP contribution in [0.1, 0.15) is 5.82 Å². The van der Waals surface area contributed by atoms with Crippen LogP contribution in [0, 0.1) is 6.92 Å². The van der Waals surface area contributed by atoms with Gasteiger partial charge in [-0.1, -0.05) is 12.1 Å². The number of rotatable bonds is 2. The number of fused-ring (bicyclic) bond motifs is 1. The average Bonchev–Trinajstić information content (AvgIpc) is 2.80. The molecule has 7 nitrogen and oxygen atoms in total. The van der Waals surface area contributed by atoms with Crippen LogP contribution in [-0.2, 0) is 0 Å². The van der Waals surface area contributed by atoms with E-state index in [1.807, 2.05) is 31.2 Å². The van der Waals surface area contributed by atoms with Crippen molar-refractivity contribution in [1.29, 1.82) is 0 Å². The van der Waals surface area contributed by atoms with Crippen LogP contribution in [0.4, 0.5) is 10.5 Å². The lowest BCUT2D eigenvalue weighted by molar-refractivity contribution is 0.259. The first-order valence-electron chi connectivity index (χ1n) is 5.99. The Morgan fingerprint density at radius 1 is 1.15 bits per heavy atom. The maximum atomic E-state index is 10.8. The molecule has 2 heterocycles. The maximum Gasteiger partial charge on any atom is 0.316 e. The van der Waals surface area contributed by atoms with Crippen molar-refractivity contribution >= 4 is 17.4 Å². The van der Waals surface area contributed by atoms with Crippen molar-refractivity contribution in [2.24, 2.45) is 5.73 Å². The summed E-state index contributed by atoms with van der Waals surface area (Å²) in [7, 11) is 0. The Labute approximate surface area is 114 Å². The van der Waals surface area contributed by atoms with Crippen molar-refractivity contribution in [2.45, 2.75) is 6.92 Å². The zero-order valence-electron chi connectivity index (χ0n) is 10.7. The minimum absolute atomic E-state index is 0.586. The van der Waals surface area contributed by atoms with Gasteiger partial charge in [-0.05, 0) is 31.2 Å². The summed E-state index contributed by atoms with van der Waals surface area (Å²) in [4.78, 5) is 10.8. The molecule has 2 amide bonds. The van der Waals surface area contributed by atoms with Crippen molar-refractivity contribution in [3.63, 3.8) is 0 Å². The molecule has 0 atom stereocenters. The fourth-order valence-electron chi connectivity index (χ4n) is 1.92. The molecule has 0 spiro atoms. The summed E-state index contributed by atoms with van der Waals surface area (Å²) in [6.45, 7) is 1.84. The SMILES string of the molecule is Cc1nnc2ccc(-c3ccc(NC(N)=O)cc3)nn12. The highest BCUT2D eigenvalue weighted by Crippen LogP contribution is 2.19. The van der Waals surface area contributed by atoms with Crippen LogP contribution in [0.3, 0.4) is 0 Å². The van der Waals surface area contributed by atoms with Crippen LogP contribution >= 0.6 is 0 Å². The molecule has 3 N–H and O–H groups in total. The van der Waals surface area contributed by atoms with E-state index in [4.69, 9.17) is 5.73 Å². The normalized spacial score (nSPS) is 10.7. The van der Waals surface area contributed by atoms with Gasteiger partial charge in [0.25, 0.3) is 0 Å². The Morgan fingerprint density at radius 3 is 2.60 bits per heavy atom. The first-order valence-corrected chi connectivity index (χ1v) is 5.99. The third-order valence-electron chi connectivity index (χ3n) is 2.87. The minimum Gasteiger partial charge on any atom is -0.351 e. The number of primary amides is 1. The average molecular weight is 268 g/mol. The van der Waals surface area contributed by atoms with Gasteiger partial charge in [-0.15, -0.1) is 10.2 Å². The molecule has 1 aromatic carbocycles. The molecule has 3 rings (SSSR count). The van der Waals surface area contributed by atoms with E-state index in [-0.39, 0.29) is 0 Å². The largest absolute Gasteiger partial charge is 0.351 e. The Bertz CT molecular complexity index is 777. The van der Waals surface area contributed by atoms with Gasteiger partial charge in [0.15, 0.2) is 11.5 Å². The van der Waals surface area contributed by atoms with Gasteiger partial charge >= 0.3 is 6.03 Å². The molecule has 0 bridgehead atoms. The van der Waals surface area contributed by atoms with Gasteiger partial charge < -0.3 is 11.1 Å². The monoisotopic (exact) mass is 268 g/mol. The van der Waals surface area contributed by atoms with Gasteiger partial charge in [-0.2, -0.15) is 9.61 Å². The Balaban J connectivity index is 1.97. The van der Waals surface area contributed by atoms with Crippen molar-refractivity contribution in [2.75, 3.05) is 5.32 Å². The summed E-state index contributed by atoms with van der Waals surface area (Å²) < 4.78 is 1.69. The topological polar surface area (TPSA) is 98.2 Å². The van der Waals surface area contributed by atoms with Crippen molar-refractivity contribution < 1.29 is 4.79 Å². The van der Waals surface area contributed by atoms with E-state index in [1.165, 1.54) is 0 Å². The van der Waals surface area contributed by atoms with Crippen LogP contribution in [0.15, 0.2) is 36.4 Å². The first kappa shape index (κ1) is 12.1. The van der Waals surface area contributed by atoms with Gasteiger partial charge in [0.1, 0.15) is 0 Å². The smallest absolute Gasteiger partial charge is 0.316 e. The summed E-state index contributed by atoms with van der Waals surface area (Å²) in [6, 6.07) is 10.4. The molecule has 0 aliphatic heterocycles. The number of aryl methyl sites for hydroxylation is 1. The van der Waals surface area contributed by atoms with E-state index in [0.29, 0.717) is 11.3 Å². The van der Waals surface area contributed by atoms with Crippen LogP contribution in [0.5, 0.6) is 0 Å². The quantitative estimate of drug-likeness (QED) is 0.737. The second-order valence-corrected chi connectivity index (χ2v) is 4.30. The van der Waals surface area contributed by atoms with Gasteiger partial charge in [-0.25, -0.2) is 4.79 Å². The van der Waals surface area contributed by atoms with E-state index in [0.717, 1.165) is 17.1 Å². The second-order valence-electron chi connectivity index (χ2n) is 4.30. The summed E-state index contributed by atoms with van der Waals surface area (Å²) in [5.41, 5.74) is 8.13. The molecule has 7 heteroatoms.